The smallest absolute Gasteiger partial charge is 0.223 e. The van der Waals surface area contributed by atoms with Crippen LogP contribution in [0.4, 0.5) is 14.7 Å². The molecule has 0 atom stereocenters. The highest BCUT2D eigenvalue weighted by Gasteiger charge is 2.25. The van der Waals surface area contributed by atoms with E-state index in [9.17, 15) is 17.2 Å². The number of pyridine rings is 1. The fourth-order valence-electron chi connectivity index (χ4n) is 3.44. The summed E-state index contributed by atoms with van der Waals surface area (Å²) >= 11 is 0. The number of sulfonamides is 1. The van der Waals surface area contributed by atoms with Crippen LogP contribution in [-0.4, -0.2) is 53.1 Å². The third kappa shape index (κ3) is 4.18. The Morgan fingerprint density at radius 3 is 2.62 bits per heavy atom. The standard InChI is InChI=1S/C19H19F2N5O2S/c1-29(27,28)26-7-4-14(5-8-26)24-19-23-11-16(21)18(25-19)13-9-12-3-2-6-22-17(12)15(20)10-13/h2-3,6,9-11,14H,4-5,7-8H2,1H3,(H,23,24,25). The van der Waals surface area contributed by atoms with Crippen molar-refractivity contribution in [2.24, 2.45) is 0 Å². The van der Waals surface area contributed by atoms with Crippen LogP contribution in [0.25, 0.3) is 22.2 Å². The summed E-state index contributed by atoms with van der Waals surface area (Å²) in [7, 11) is -3.21. The van der Waals surface area contributed by atoms with Crippen molar-refractivity contribution in [1.29, 1.82) is 0 Å². The summed E-state index contributed by atoms with van der Waals surface area (Å²) in [4.78, 5) is 12.2. The largest absolute Gasteiger partial charge is 0.351 e. The van der Waals surface area contributed by atoms with E-state index in [2.05, 4.69) is 20.3 Å². The van der Waals surface area contributed by atoms with Gasteiger partial charge in [-0.25, -0.2) is 31.5 Å². The first-order valence-electron chi connectivity index (χ1n) is 9.10. The molecule has 0 unspecified atom stereocenters. The minimum atomic E-state index is -3.21. The minimum absolute atomic E-state index is 0.0132. The average Bonchev–Trinajstić information content (AvgIpc) is 2.69. The molecule has 3 aromatic rings. The lowest BCUT2D eigenvalue weighted by Crippen LogP contribution is -2.42. The van der Waals surface area contributed by atoms with Crippen LogP contribution in [0.1, 0.15) is 12.8 Å². The molecule has 0 amide bonds. The highest BCUT2D eigenvalue weighted by atomic mass is 32.2. The van der Waals surface area contributed by atoms with Gasteiger partial charge in [-0.1, -0.05) is 6.07 Å². The van der Waals surface area contributed by atoms with Gasteiger partial charge in [-0.3, -0.25) is 4.98 Å². The number of hydrogen-bond donors (Lipinski definition) is 1. The second-order valence-corrected chi connectivity index (χ2v) is 8.99. The van der Waals surface area contributed by atoms with Crippen molar-refractivity contribution in [2.45, 2.75) is 18.9 Å². The molecule has 1 aliphatic heterocycles. The maximum Gasteiger partial charge on any atom is 0.223 e. The van der Waals surface area contributed by atoms with Gasteiger partial charge in [-0.05, 0) is 31.0 Å². The van der Waals surface area contributed by atoms with Crippen LogP contribution >= 0.6 is 0 Å². The number of anilines is 1. The number of nitrogens with zero attached hydrogens (tertiary/aromatic N) is 4. The molecule has 0 spiro atoms. The average molecular weight is 419 g/mol. The van der Waals surface area contributed by atoms with Crippen LogP contribution in [0.5, 0.6) is 0 Å². The topological polar surface area (TPSA) is 88.1 Å². The van der Waals surface area contributed by atoms with E-state index in [1.165, 1.54) is 22.8 Å². The van der Waals surface area contributed by atoms with Crippen LogP contribution in [0.15, 0.2) is 36.7 Å². The number of benzene rings is 1. The summed E-state index contributed by atoms with van der Waals surface area (Å²) in [5.41, 5.74) is 0.486. The molecule has 29 heavy (non-hydrogen) atoms. The SMILES string of the molecule is CS(=O)(=O)N1CCC(Nc2ncc(F)c(-c3cc(F)c4ncccc4c3)n2)CC1. The zero-order chi connectivity index (χ0) is 20.6. The maximum atomic E-state index is 14.4. The molecule has 1 fully saturated rings. The molecule has 0 saturated carbocycles. The molecular formula is C19H19F2N5O2S. The normalized spacial score (nSPS) is 16.2. The fraction of sp³-hybridized carbons (Fsp3) is 0.316. The first kappa shape index (κ1) is 19.6. The van der Waals surface area contributed by atoms with Gasteiger partial charge in [0, 0.05) is 36.3 Å². The van der Waals surface area contributed by atoms with E-state index in [0.717, 1.165) is 6.20 Å². The third-order valence-electron chi connectivity index (χ3n) is 4.93. The number of fused-ring (bicyclic) bond motifs is 1. The number of hydrogen-bond acceptors (Lipinski definition) is 6. The quantitative estimate of drug-likeness (QED) is 0.700. The summed E-state index contributed by atoms with van der Waals surface area (Å²) in [6.07, 6.45) is 4.89. The van der Waals surface area contributed by atoms with Crippen molar-refractivity contribution >= 4 is 26.9 Å². The van der Waals surface area contributed by atoms with Gasteiger partial charge < -0.3 is 5.32 Å². The van der Waals surface area contributed by atoms with E-state index in [1.807, 2.05) is 0 Å². The summed E-state index contributed by atoms with van der Waals surface area (Å²) in [6, 6.07) is 6.17. The van der Waals surface area contributed by atoms with E-state index >= 15 is 0 Å². The minimum Gasteiger partial charge on any atom is -0.351 e. The highest BCUT2D eigenvalue weighted by Crippen LogP contribution is 2.27. The summed E-state index contributed by atoms with van der Waals surface area (Å²) < 4.78 is 53.4. The second-order valence-electron chi connectivity index (χ2n) is 7.00. The lowest BCUT2D eigenvalue weighted by molar-refractivity contribution is 0.331. The Labute approximate surface area is 166 Å². The Morgan fingerprint density at radius 1 is 1.14 bits per heavy atom. The summed E-state index contributed by atoms with van der Waals surface area (Å²) in [5, 5.41) is 3.67. The molecule has 0 aliphatic carbocycles. The van der Waals surface area contributed by atoms with Gasteiger partial charge in [-0.15, -0.1) is 0 Å². The Hall–Kier alpha value is -2.72. The molecule has 152 valence electrons. The van der Waals surface area contributed by atoms with E-state index in [-0.39, 0.29) is 28.8 Å². The van der Waals surface area contributed by atoms with Gasteiger partial charge in [0.25, 0.3) is 0 Å². The van der Waals surface area contributed by atoms with Crippen LogP contribution < -0.4 is 5.32 Å². The molecule has 3 heterocycles. The second kappa shape index (κ2) is 7.60. The molecule has 1 N–H and O–H groups in total. The van der Waals surface area contributed by atoms with Crippen molar-refractivity contribution in [3.8, 4) is 11.3 Å². The number of halogens is 2. The molecule has 1 aliphatic rings. The Kier molecular flexibility index (Phi) is 5.13. The Morgan fingerprint density at radius 2 is 1.90 bits per heavy atom. The monoisotopic (exact) mass is 419 g/mol. The van der Waals surface area contributed by atoms with Crippen LogP contribution in [0, 0.1) is 11.6 Å². The van der Waals surface area contributed by atoms with Crippen molar-refractivity contribution < 1.29 is 17.2 Å². The summed E-state index contributed by atoms with van der Waals surface area (Å²) in [6.45, 7) is 0.793. The molecule has 0 radical (unpaired) electrons. The fourth-order valence-corrected chi connectivity index (χ4v) is 4.31. The van der Waals surface area contributed by atoms with Gasteiger partial charge in [0.1, 0.15) is 17.0 Å². The first-order chi connectivity index (χ1) is 13.8. The highest BCUT2D eigenvalue weighted by molar-refractivity contribution is 7.88. The number of rotatable bonds is 4. The molecule has 0 bridgehead atoms. The lowest BCUT2D eigenvalue weighted by atomic mass is 10.1. The number of piperidine rings is 1. The molecule has 1 saturated heterocycles. The molecular weight excluding hydrogens is 400 g/mol. The molecule has 4 rings (SSSR count). The van der Waals surface area contributed by atoms with Crippen molar-refractivity contribution in [1.82, 2.24) is 19.3 Å². The number of nitrogens with one attached hydrogen (secondary N) is 1. The van der Waals surface area contributed by atoms with Crippen LogP contribution in [0.3, 0.4) is 0 Å². The van der Waals surface area contributed by atoms with Crippen molar-refractivity contribution in [2.75, 3.05) is 24.7 Å². The van der Waals surface area contributed by atoms with E-state index in [4.69, 9.17) is 0 Å². The summed E-state index contributed by atoms with van der Waals surface area (Å²) in [5.74, 6) is -1.00. The van der Waals surface area contributed by atoms with Gasteiger partial charge in [0.15, 0.2) is 5.82 Å². The van der Waals surface area contributed by atoms with E-state index < -0.39 is 21.7 Å². The molecule has 10 heteroatoms. The van der Waals surface area contributed by atoms with Crippen molar-refractivity contribution in [3.63, 3.8) is 0 Å². The Bertz CT molecular complexity index is 1160. The van der Waals surface area contributed by atoms with Gasteiger partial charge >= 0.3 is 0 Å². The number of aromatic nitrogens is 3. The first-order valence-corrected chi connectivity index (χ1v) is 10.9. The molecule has 1 aromatic carbocycles. The maximum absolute atomic E-state index is 14.4. The zero-order valence-electron chi connectivity index (χ0n) is 15.6. The molecule has 2 aromatic heterocycles. The van der Waals surface area contributed by atoms with E-state index in [1.54, 1.807) is 18.2 Å². The predicted molar refractivity (Wildman–Crippen MR) is 106 cm³/mol. The van der Waals surface area contributed by atoms with Crippen molar-refractivity contribution in [3.05, 3.63) is 48.3 Å². The predicted octanol–water partition coefficient (Wildman–Crippen LogP) is 2.81. The van der Waals surface area contributed by atoms with Crippen LogP contribution in [-0.2, 0) is 10.0 Å². The third-order valence-corrected chi connectivity index (χ3v) is 6.24. The molecule has 7 nitrogen and oxygen atoms in total. The Balaban J connectivity index is 1.58. The van der Waals surface area contributed by atoms with E-state index in [0.29, 0.717) is 31.3 Å². The zero-order valence-corrected chi connectivity index (χ0v) is 16.5. The van der Waals surface area contributed by atoms with Gasteiger partial charge in [-0.2, -0.15) is 0 Å². The lowest BCUT2D eigenvalue weighted by Gasteiger charge is -2.30. The van der Waals surface area contributed by atoms with Gasteiger partial charge in [0.2, 0.25) is 16.0 Å². The van der Waals surface area contributed by atoms with Crippen LogP contribution in [0.2, 0.25) is 0 Å². The van der Waals surface area contributed by atoms with Gasteiger partial charge in [0.05, 0.1) is 12.5 Å².